The van der Waals surface area contributed by atoms with E-state index in [2.05, 4.69) is 15.5 Å². The molecule has 0 radical (unpaired) electrons. The summed E-state index contributed by atoms with van der Waals surface area (Å²) in [5, 5.41) is 6.40. The summed E-state index contributed by atoms with van der Waals surface area (Å²) in [5.41, 5.74) is 0.724. The average Bonchev–Trinajstić information content (AvgIpc) is 2.69. The summed E-state index contributed by atoms with van der Waals surface area (Å²) in [5.74, 6) is 0.239. The van der Waals surface area contributed by atoms with Crippen LogP contribution in [0.4, 0.5) is 0 Å². The molecule has 2 N–H and O–H groups in total. The average molecular weight is 381 g/mol. The first-order valence-electron chi connectivity index (χ1n) is 9.29. The maximum Gasteiger partial charge on any atom is 0.253 e. The van der Waals surface area contributed by atoms with Crippen molar-refractivity contribution in [1.29, 1.82) is 0 Å². The topological polar surface area (TPSA) is 64.7 Å². The van der Waals surface area contributed by atoms with Crippen LogP contribution in [-0.4, -0.2) is 74.0 Å². The molecule has 0 saturated carbocycles. The van der Waals surface area contributed by atoms with Crippen molar-refractivity contribution in [1.82, 2.24) is 20.4 Å². The van der Waals surface area contributed by atoms with Crippen molar-refractivity contribution in [3.63, 3.8) is 0 Å². The molecule has 3 rings (SSSR count). The van der Waals surface area contributed by atoms with Gasteiger partial charge in [-0.15, -0.1) is 12.4 Å². The van der Waals surface area contributed by atoms with E-state index in [4.69, 9.17) is 0 Å². The SMILES string of the molecule is Cl.O=C(NCCN1CCNCC1)C1CCN(C(=O)c2ccccc2)CC1. The predicted octanol–water partition coefficient (Wildman–Crippen LogP) is 0.982. The number of benzene rings is 1. The second-order valence-corrected chi connectivity index (χ2v) is 6.82. The number of carbonyl (C=O) groups excluding carboxylic acids is 2. The van der Waals surface area contributed by atoms with Gasteiger partial charge in [-0.2, -0.15) is 0 Å². The van der Waals surface area contributed by atoms with Crippen molar-refractivity contribution >= 4 is 24.2 Å². The Morgan fingerprint density at radius 1 is 1.04 bits per heavy atom. The maximum absolute atomic E-state index is 12.4. The molecule has 1 aromatic rings. The molecule has 0 unspecified atom stereocenters. The van der Waals surface area contributed by atoms with Crippen LogP contribution in [0.25, 0.3) is 0 Å². The molecule has 7 heteroatoms. The number of hydrogen-bond donors (Lipinski definition) is 2. The molecular weight excluding hydrogens is 352 g/mol. The van der Waals surface area contributed by atoms with Gasteiger partial charge in [-0.05, 0) is 25.0 Å². The van der Waals surface area contributed by atoms with E-state index >= 15 is 0 Å². The van der Waals surface area contributed by atoms with Crippen LogP contribution in [-0.2, 0) is 4.79 Å². The van der Waals surface area contributed by atoms with E-state index in [0.717, 1.165) is 51.1 Å². The zero-order valence-electron chi connectivity index (χ0n) is 15.2. The number of hydrogen-bond acceptors (Lipinski definition) is 4. The van der Waals surface area contributed by atoms with Crippen LogP contribution in [0.2, 0.25) is 0 Å². The van der Waals surface area contributed by atoms with E-state index in [1.54, 1.807) is 0 Å². The highest BCUT2D eigenvalue weighted by atomic mass is 35.5. The molecule has 2 amide bonds. The highest BCUT2D eigenvalue weighted by molar-refractivity contribution is 5.94. The first kappa shape index (κ1) is 20.7. The molecule has 0 aliphatic carbocycles. The highest BCUT2D eigenvalue weighted by Crippen LogP contribution is 2.19. The van der Waals surface area contributed by atoms with Crippen molar-refractivity contribution in [2.45, 2.75) is 12.8 Å². The highest BCUT2D eigenvalue weighted by Gasteiger charge is 2.27. The van der Waals surface area contributed by atoms with Crippen molar-refractivity contribution in [3.05, 3.63) is 35.9 Å². The number of likely N-dealkylation sites (tertiary alicyclic amines) is 1. The number of carbonyl (C=O) groups is 2. The Bertz CT molecular complexity index is 570. The Balaban J connectivity index is 0.00000243. The molecule has 2 saturated heterocycles. The van der Waals surface area contributed by atoms with Crippen molar-refractivity contribution in [3.8, 4) is 0 Å². The largest absolute Gasteiger partial charge is 0.355 e. The minimum absolute atomic E-state index is 0. The fraction of sp³-hybridized carbons (Fsp3) is 0.579. The lowest BCUT2D eigenvalue weighted by molar-refractivity contribution is -0.126. The number of amides is 2. The number of piperazine rings is 1. The molecule has 0 spiro atoms. The molecule has 26 heavy (non-hydrogen) atoms. The van der Waals surface area contributed by atoms with Gasteiger partial charge < -0.3 is 15.5 Å². The van der Waals surface area contributed by atoms with Gasteiger partial charge in [0.1, 0.15) is 0 Å². The van der Waals surface area contributed by atoms with Gasteiger partial charge in [0.15, 0.2) is 0 Å². The Kier molecular flexibility index (Phi) is 8.35. The predicted molar refractivity (Wildman–Crippen MR) is 105 cm³/mol. The van der Waals surface area contributed by atoms with E-state index in [0.29, 0.717) is 19.6 Å². The molecule has 1 aromatic carbocycles. The van der Waals surface area contributed by atoms with E-state index in [1.807, 2.05) is 35.2 Å². The minimum Gasteiger partial charge on any atom is -0.355 e. The fourth-order valence-corrected chi connectivity index (χ4v) is 3.52. The zero-order chi connectivity index (χ0) is 17.5. The third-order valence-corrected chi connectivity index (χ3v) is 5.11. The summed E-state index contributed by atoms with van der Waals surface area (Å²) in [7, 11) is 0. The molecule has 0 aromatic heterocycles. The second-order valence-electron chi connectivity index (χ2n) is 6.82. The second kappa shape index (κ2) is 10.5. The summed E-state index contributed by atoms with van der Waals surface area (Å²) in [6.45, 7) is 7.10. The monoisotopic (exact) mass is 380 g/mol. The van der Waals surface area contributed by atoms with Crippen LogP contribution >= 0.6 is 12.4 Å². The van der Waals surface area contributed by atoms with Crippen LogP contribution < -0.4 is 10.6 Å². The fourth-order valence-electron chi connectivity index (χ4n) is 3.52. The third kappa shape index (κ3) is 5.69. The van der Waals surface area contributed by atoms with E-state index in [-0.39, 0.29) is 30.1 Å². The van der Waals surface area contributed by atoms with Gasteiger partial charge in [-0.3, -0.25) is 14.5 Å². The Labute approximate surface area is 161 Å². The quantitative estimate of drug-likeness (QED) is 0.799. The van der Waals surface area contributed by atoms with Gasteiger partial charge in [0.05, 0.1) is 0 Å². The summed E-state index contributed by atoms with van der Waals surface area (Å²) in [6.07, 6.45) is 1.50. The van der Waals surface area contributed by atoms with Crippen molar-refractivity contribution < 1.29 is 9.59 Å². The molecule has 2 aliphatic rings. The van der Waals surface area contributed by atoms with Crippen LogP contribution in [0.5, 0.6) is 0 Å². The Morgan fingerprint density at radius 3 is 2.35 bits per heavy atom. The van der Waals surface area contributed by atoms with Gasteiger partial charge in [0.2, 0.25) is 5.91 Å². The number of halogens is 1. The van der Waals surface area contributed by atoms with Gasteiger partial charge in [0, 0.05) is 63.8 Å². The number of nitrogens with zero attached hydrogens (tertiary/aromatic N) is 2. The molecule has 2 aliphatic heterocycles. The Morgan fingerprint density at radius 2 is 1.69 bits per heavy atom. The van der Waals surface area contributed by atoms with E-state index in [9.17, 15) is 9.59 Å². The third-order valence-electron chi connectivity index (χ3n) is 5.11. The van der Waals surface area contributed by atoms with Crippen molar-refractivity contribution in [2.75, 3.05) is 52.4 Å². The molecule has 144 valence electrons. The maximum atomic E-state index is 12.4. The summed E-state index contributed by atoms with van der Waals surface area (Å²) >= 11 is 0. The molecule has 2 heterocycles. The normalized spacial score (nSPS) is 18.8. The molecule has 0 atom stereocenters. The van der Waals surface area contributed by atoms with Crippen LogP contribution in [0.3, 0.4) is 0 Å². The summed E-state index contributed by atoms with van der Waals surface area (Å²) in [6, 6.07) is 9.36. The van der Waals surface area contributed by atoms with E-state index < -0.39 is 0 Å². The van der Waals surface area contributed by atoms with Gasteiger partial charge in [-0.1, -0.05) is 18.2 Å². The standard InChI is InChI=1S/C19H28N4O2.ClH/c24-18(21-10-15-22-13-8-20-9-14-22)16-6-11-23(12-7-16)19(25)17-4-2-1-3-5-17;/h1-5,16,20H,6-15H2,(H,21,24);1H. The summed E-state index contributed by atoms with van der Waals surface area (Å²) in [4.78, 5) is 29.0. The number of piperidine rings is 1. The van der Waals surface area contributed by atoms with Gasteiger partial charge >= 0.3 is 0 Å². The number of rotatable bonds is 5. The molecule has 2 fully saturated rings. The lowest BCUT2D eigenvalue weighted by Crippen LogP contribution is -2.47. The van der Waals surface area contributed by atoms with Crippen LogP contribution in [0.15, 0.2) is 30.3 Å². The van der Waals surface area contributed by atoms with Crippen molar-refractivity contribution in [2.24, 2.45) is 5.92 Å². The first-order chi connectivity index (χ1) is 12.2. The molecule has 6 nitrogen and oxygen atoms in total. The van der Waals surface area contributed by atoms with Gasteiger partial charge in [-0.25, -0.2) is 0 Å². The number of nitrogens with one attached hydrogen (secondary N) is 2. The minimum atomic E-state index is 0. The zero-order valence-corrected chi connectivity index (χ0v) is 16.0. The lowest BCUT2D eigenvalue weighted by atomic mass is 9.95. The van der Waals surface area contributed by atoms with Gasteiger partial charge in [0.25, 0.3) is 5.91 Å². The van der Waals surface area contributed by atoms with Crippen LogP contribution in [0, 0.1) is 5.92 Å². The van der Waals surface area contributed by atoms with Crippen LogP contribution in [0.1, 0.15) is 23.2 Å². The van der Waals surface area contributed by atoms with E-state index in [1.165, 1.54) is 0 Å². The molecular formula is C19H29ClN4O2. The Hall–Kier alpha value is -1.63. The molecule has 0 bridgehead atoms. The first-order valence-corrected chi connectivity index (χ1v) is 9.29. The smallest absolute Gasteiger partial charge is 0.253 e. The lowest BCUT2D eigenvalue weighted by Gasteiger charge is -2.32. The summed E-state index contributed by atoms with van der Waals surface area (Å²) < 4.78 is 0.